The molecule has 0 saturated carbocycles. The molecule has 0 aliphatic carbocycles. The fourth-order valence-electron chi connectivity index (χ4n) is 4.23. The second kappa shape index (κ2) is 8.64. The first-order chi connectivity index (χ1) is 13.4. The summed E-state index contributed by atoms with van der Waals surface area (Å²) < 4.78 is 2.66. The second-order valence-corrected chi connectivity index (χ2v) is 8.42. The van der Waals surface area contributed by atoms with Gasteiger partial charge < -0.3 is 9.88 Å². The summed E-state index contributed by atoms with van der Waals surface area (Å²) in [6.07, 6.45) is 5.62. The third-order valence-corrected chi connectivity index (χ3v) is 6.67. The Morgan fingerprint density at radius 2 is 1.75 bits per heavy atom. The Balaban J connectivity index is 2.13. The molecule has 0 saturated heterocycles. The Labute approximate surface area is 175 Å². The highest BCUT2D eigenvalue weighted by atomic mass is 79.9. The van der Waals surface area contributed by atoms with Gasteiger partial charge in [-0.3, -0.25) is 9.59 Å². The highest BCUT2D eigenvalue weighted by Crippen LogP contribution is 2.27. The van der Waals surface area contributed by atoms with Crippen LogP contribution in [0.4, 0.5) is 5.69 Å². The summed E-state index contributed by atoms with van der Waals surface area (Å²) in [6, 6.07) is 4.24. The van der Waals surface area contributed by atoms with E-state index in [4.69, 9.17) is 0 Å². The van der Waals surface area contributed by atoms with E-state index in [1.54, 1.807) is 0 Å². The van der Waals surface area contributed by atoms with Crippen molar-refractivity contribution in [2.45, 2.75) is 72.8 Å². The number of nitrogens with zero attached hydrogens (tertiary/aromatic N) is 1. The Morgan fingerprint density at radius 3 is 2.36 bits per heavy atom. The number of carbonyl (C=O) groups excluding carboxylic acids is 1. The molecule has 1 aliphatic rings. The number of rotatable bonds is 4. The van der Waals surface area contributed by atoms with Gasteiger partial charge in [0.05, 0.1) is 4.47 Å². The lowest BCUT2D eigenvalue weighted by molar-refractivity contribution is 0.102. The predicted molar refractivity (Wildman–Crippen MR) is 119 cm³/mol. The van der Waals surface area contributed by atoms with Crippen LogP contribution < -0.4 is 10.7 Å². The van der Waals surface area contributed by atoms with Gasteiger partial charge in [-0.05, 0) is 73.0 Å². The molecule has 0 spiro atoms. The van der Waals surface area contributed by atoms with Crippen molar-refractivity contribution in [1.29, 1.82) is 0 Å². The number of nitrogens with one attached hydrogen (secondary N) is 1. The molecule has 3 rings (SSSR count). The number of carbonyl (C=O) groups is 1. The minimum Gasteiger partial charge on any atom is -0.347 e. The molecular formula is C23H29BrN2O2. The molecule has 0 fully saturated rings. The monoisotopic (exact) mass is 444 g/mol. The first-order valence-electron chi connectivity index (χ1n) is 10.2. The standard InChI is InChI=1S/C23H29BrN2O2/c1-5-16-12-14(3)13-17(6-2)21(16)25-23(28)19-18-10-8-7-9-11-26(18)15(4)20(24)22(19)27/h12-13H,5-11H2,1-4H3,(H,25,28). The molecule has 1 aromatic heterocycles. The average Bonchev–Trinajstić information content (AvgIpc) is 2.93. The summed E-state index contributed by atoms with van der Waals surface area (Å²) in [6.45, 7) is 9.06. The zero-order valence-corrected chi connectivity index (χ0v) is 18.8. The third-order valence-electron chi connectivity index (χ3n) is 5.73. The zero-order valence-electron chi connectivity index (χ0n) is 17.2. The smallest absolute Gasteiger partial charge is 0.261 e. The fourth-order valence-corrected chi connectivity index (χ4v) is 4.65. The van der Waals surface area contributed by atoms with Crippen LogP contribution in [0.3, 0.4) is 0 Å². The molecule has 2 aromatic rings. The Hall–Kier alpha value is -1.88. The lowest BCUT2D eigenvalue weighted by Crippen LogP contribution is -2.29. The van der Waals surface area contributed by atoms with E-state index in [2.05, 4.69) is 58.7 Å². The van der Waals surface area contributed by atoms with E-state index in [-0.39, 0.29) is 11.3 Å². The SMILES string of the molecule is CCc1cc(C)cc(CC)c1NC(=O)c1c2n(c(C)c(Br)c1=O)CCCCC2. The zero-order chi connectivity index (χ0) is 20.4. The molecule has 5 heteroatoms. The van der Waals surface area contributed by atoms with Gasteiger partial charge >= 0.3 is 0 Å². The summed E-state index contributed by atoms with van der Waals surface area (Å²) in [7, 11) is 0. The highest BCUT2D eigenvalue weighted by Gasteiger charge is 2.25. The quantitative estimate of drug-likeness (QED) is 0.692. The highest BCUT2D eigenvalue weighted by molar-refractivity contribution is 9.10. The van der Waals surface area contributed by atoms with Crippen LogP contribution >= 0.6 is 15.9 Å². The Morgan fingerprint density at radius 1 is 1.11 bits per heavy atom. The number of anilines is 1. The molecule has 1 aliphatic heterocycles. The van der Waals surface area contributed by atoms with E-state index in [0.29, 0.717) is 10.0 Å². The topological polar surface area (TPSA) is 51.1 Å². The summed E-state index contributed by atoms with van der Waals surface area (Å²) in [5.74, 6) is -0.287. The number of halogens is 1. The van der Waals surface area contributed by atoms with Gasteiger partial charge in [0.2, 0.25) is 5.43 Å². The van der Waals surface area contributed by atoms with E-state index >= 15 is 0 Å². The van der Waals surface area contributed by atoms with Gasteiger partial charge in [0.25, 0.3) is 5.91 Å². The third kappa shape index (κ3) is 3.82. The van der Waals surface area contributed by atoms with Crippen LogP contribution in [0.5, 0.6) is 0 Å². The van der Waals surface area contributed by atoms with Crippen molar-refractivity contribution in [2.24, 2.45) is 0 Å². The van der Waals surface area contributed by atoms with Crippen molar-refractivity contribution in [3.8, 4) is 0 Å². The van der Waals surface area contributed by atoms with Crippen molar-refractivity contribution in [1.82, 2.24) is 4.57 Å². The molecule has 0 atom stereocenters. The van der Waals surface area contributed by atoms with Gasteiger partial charge in [-0.1, -0.05) is 38.0 Å². The first kappa shape index (κ1) is 20.8. The fraction of sp³-hybridized carbons (Fsp3) is 0.478. The van der Waals surface area contributed by atoms with Gasteiger partial charge in [-0.2, -0.15) is 0 Å². The summed E-state index contributed by atoms with van der Waals surface area (Å²) in [4.78, 5) is 26.4. The molecule has 0 radical (unpaired) electrons. The lowest BCUT2D eigenvalue weighted by atomic mass is 9.99. The van der Waals surface area contributed by atoms with Gasteiger partial charge in [-0.25, -0.2) is 0 Å². The number of aromatic nitrogens is 1. The number of aryl methyl sites for hydroxylation is 3. The first-order valence-corrected chi connectivity index (χ1v) is 11.0. The Bertz CT molecular complexity index is 951. The number of hydrogen-bond donors (Lipinski definition) is 1. The molecular weight excluding hydrogens is 416 g/mol. The van der Waals surface area contributed by atoms with Crippen LogP contribution in [0, 0.1) is 13.8 Å². The molecule has 1 amide bonds. The van der Waals surface area contributed by atoms with Crippen molar-refractivity contribution in [2.75, 3.05) is 5.32 Å². The van der Waals surface area contributed by atoms with Crippen LogP contribution in [-0.4, -0.2) is 10.5 Å². The van der Waals surface area contributed by atoms with Crippen LogP contribution in [0.2, 0.25) is 0 Å². The van der Waals surface area contributed by atoms with Gasteiger partial charge in [-0.15, -0.1) is 0 Å². The van der Waals surface area contributed by atoms with Gasteiger partial charge in [0.15, 0.2) is 0 Å². The summed E-state index contributed by atoms with van der Waals surface area (Å²) in [5, 5.41) is 3.11. The molecule has 0 bridgehead atoms. The number of amides is 1. The van der Waals surface area contributed by atoms with Gasteiger partial charge in [0.1, 0.15) is 5.56 Å². The molecule has 1 N–H and O–H groups in total. The van der Waals surface area contributed by atoms with Crippen LogP contribution in [0.1, 0.15) is 71.5 Å². The average molecular weight is 445 g/mol. The molecule has 2 heterocycles. The molecule has 0 unspecified atom stereocenters. The molecule has 150 valence electrons. The Kier molecular flexibility index (Phi) is 6.43. The van der Waals surface area contributed by atoms with E-state index in [9.17, 15) is 9.59 Å². The minimum absolute atomic E-state index is 0.202. The lowest BCUT2D eigenvalue weighted by Gasteiger charge is -2.20. The summed E-state index contributed by atoms with van der Waals surface area (Å²) >= 11 is 3.44. The maximum absolute atomic E-state index is 13.4. The van der Waals surface area contributed by atoms with Crippen LogP contribution in [0.25, 0.3) is 0 Å². The van der Waals surface area contributed by atoms with Crippen molar-refractivity contribution in [3.05, 3.63) is 60.5 Å². The number of benzene rings is 1. The largest absolute Gasteiger partial charge is 0.347 e. The van der Waals surface area contributed by atoms with E-state index < -0.39 is 0 Å². The van der Waals surface area contributed by atoms with E-state index in [1.807, 2.05) is 6.92 Å². The maximum atomic E-state index is 13.4. The molecule has 4 nitrogen and oxygen atoms in total. The van der Waals surface area contributed by atoms with Crippen molar-refractivity contribution < 1.29 is 4.79 Å². The van der Waals surface area contributed by atoms with Crippen molar-refractivity contribution >= 4 is 27.5 Å². The van der Waals surface area contributed by atoms with Gasteiger partial charge in [0, 0.05) is 23.6 Å². The summed E-state index contributed by atoms with van der Waals surface area (Å²) in [5.41, 5.74) is 6.17. The van der Waals surface area contributed by atoms with E-state index in [0.717, 1.165) is 73.3 Å². The number of pyridine rings is 1. The predicted octanol–water partition coefficient (Wildman–Crippen LogP) is 5.33. The molecule has 1 aromatic carbocycles. The number of fused-ring (bicyclic) bond motifs is 1. The maximum Gasteiger partial charge on any atom is 0.261 e. The normalized spacial score (nSPS) is 13.8. The van der Waals surface area contributed by atoms with Crippen molar-refractivity contribution in [3.63, 3.8) is 0 Å². The van der Waals surface area contributed by atoms with Crippen LogP contribution in [0.15, 0.2) is 21.4 Å². The van der Waals surface area contributed by atoms with Crippen LogP contribution in [-0.2, 0) is 25.8 Å². The molecule has 28 heavy (non-hydrogen) atoms. The second-order valence-electron chi connectivity index (χ2n) is 7.63. The van der Waals surface area contributed by atoms with E-state index in [1.165, 1.54) is 5.56 Å². The minimum atomic E-state index is -0.287. The number of hydrogen-bond acceptors (Lipinski definition) is 2.